The van der Waals surface area contributed by atoms with Crippen molar-refractivity contribution in [2.45, 2.75) is 6.42 Å². The summed E-state index contributed by atoms with van der Waals surface area (Å²) in [6, 6.07) is 0. The minimum atomic E-state index is -0.584. The maximum atomic E-state index is 11.5. The molecular weight excluding hydrogens is 236 g/mol. The van der Waals surface area contributed by atoms with Crippen LogP contribution in [-0.4, -0.2) is 35.0 Å². The van der Waals surface area contributed by atoms with Gasteiger partial charge in [-0.05, 0) is 12.7 Å². The van der Waals surface area contributed by atoms with Crippen LogP contribution in [0, 0.1) is 10.1 Å². The predicted octanol–water partition coefficient (Wildman–Crippen LogP) is 1.09. The zero-order valence-electron chi connectivity index (χ0n) is 8.32. The molecule has 0 aromatic heterocycles. The van der Waals surface area contributed by atoms with Crippen LogP contribution in [0.4, 0.5) is 0 Å². The van der Waals surface area contributed by atoms with E-state index >= 15 is 0 Å². The first-order chi connectivity index (χ1) is 7.16. The van der Waals surface area contributed by atoms with Crippen molar-refractivity contribution >= 4 is 29.3 Å². The lowest BCUT2D eigenvalue weighted by Crippen LogP contribution is -2.26. The van der Waals surface area contributed by atoms with E-state index in [9.17, 15) is 14.9 Å². The summed E-state index contributed by atoms with van der Waals surface area (Å²) in [4.78, 5) is 21.7. The van der Waals surface area contributed by atoms with Gasteiger partial charge in [0.1, 0.15) is 0 Å². The van der Waals surface area contributed by atoms with Crippen LogP contribution in [-0.2, 0) is 4.79 Å². The first-order valence-electron chi connectivity index (χ1n) is 4.44. The molecule has 0 aromatic carbocycles. The van der Waals surface area contributed by atoms with Crippen LogP contribution >= 0.6 is 23.5 Å². The molecular formula is C8H12N2O3S2. The minimum absolute atomic E-state index is 0.155. The predicted molar refractivity (Wildman–Crippen MR) is 62.5 cm³/mol. The molecule has 0 spiro atoms. The van der Waals surface area contributed by atoms with Crippen LogP contribution in [0.15, 0.2) is 10.7 Å². The molecule has 1 fully saturated rings. The third-order valence-corrected chi connectivity index (χ3v) is 3.46. The number of nitrogens with zero attached hydrogens (tertiary/aromatic N) is 1. The van der Waals surface area contributed by atoms with E-state index < -0.39 is 10.7 Å². The third kappa shape index (κ3) is 3.42. The Kier molecular flexibility index (Phi) is 4.97. The number of Topliss-reactive ketones (excluding diaryl/α,β-unsaturated/α-hetero) is 1. The molecule has 0 aromatic rings. The topological polar surface area (TPSA) is 72.2 Å². The number of ketones is 1. The zero-order valence-corrected chi connectivity index (χ0v) is 9.95. The number of allylic oxidation sites excluding steroid dienone is 1. The van der Waals surface area contributed by atoms with Crippen LogP contribution in [0.5, 0.6) is 0 Å². The molecule has 1 rings (SSSR count). The first-order valence-corrected chi connectivity index (χ1v) is 6.82. The third-order valence-electron chi connectivity index (χ3n) is 1.79. The van der Waals surface area contributed by atoms with Crippen molar-refractivity contribution in [3.05, 3.63) is 20.8 Å². The van der Waals surface area contributed by atoms with Gasteiger partial charge in [0, 0.05) is 12.3 Å². The monoisotopic (exact) mass is 248 g/mol. The average molecular weight is 248 g/mol. The molecule has 1 aliphatic rings. The highest BCUT2D eigenvalue weighted by Crippen LogP contribution is 2.23. The number of hydrogen-bond acceptors (Lipinski definition) is 6. The molecule has 0 bridgehead atoms. The van der Waals surface area contributed by atoms with E-state index in [1.54, 1.807) is 6.26 Å². The highest BCUT2D eigenvalue weighted by molar-refractivity contribution is 8.03. The second kappa shape index (κ2) is 6.02. The van der Waals surface area contributed by atoms with Crippen molar-refractivity contribution < 1.29 is 9.72 Å². The summed E-state index contributed by atoms with van der Waals surface area (Å²) in [5.74, 6) is 0.568. The van der Waals surface area contributed by atoms with Crippen molar-refractivity contribution in [2.24, 2.45) is 0 Å². The number of rotatable bonds is 4. The summed E-state index contributed by atoms with van der Waals surface area (Å²) >= 11 is 2.64. The summed E-state index contributed by atoms with van der Waals surface area (Å²) < 4.78 is 0. The maximum Gasteiger partial charge on any atom is 0.342 e. The van der Waals surface area contributed by atoms with Crippen LogP contribution < -0.4 is 5.32 Å². The molecule has 7 heteroatoms. The lowest BCUT2D eigenvalue weighted by atomic mass is 10.3. The fraction of sp³-hybridized carbons (Fsp3) is 0.625. The van der Waals surface area contributed by atoms with E-state index in [2.05, 4.69) is 5.32 Å². The second-order valence-corrected chi connectivity index (χ2v) is 4.89. The summed E-state index contributed by atoms with van der Waals surface area (Å²) in [6.07, 6.45) is 2.72. The Hall–Kier alpha value is -0.690. The normalized spacial score (nSPS) is 19.3. The van der Waals surface area contributed by atoms with E-state index in [1.165, 1.54) is 23.5 Å². The molecule has 1 aliphatic heterocycles. The van der Waals surface area contributed by atoms with Gasteiger partial charge in [-0.1, -0.05) is 0 Å². The summed E-state index contributed by atoms with van der Waals surface area (Å²) in [5.41, 5.74) is -0.283. The van der Waals surface area contributed by atoms with Crippen molar-refractivity contribution in [3.8, 4) is 0 Å². The van der Waals surface area contributed by atoms with E-state index in [0.717, 1.165) is 12.2 Å². The number of hydrogen-bond donors (Lipinski definition) is 1. The molecule has 1 heterocycles. The Bertz CT molecular complexity index is 296. The Morgan fingerprint density at radius 3 is 2.93 bits per heavy atom. The molecule has 0 unspecified atom stereocenters. The number of carbonyl (C=O) groups is 1. The van der Waals surface area contributed by atoms with Gasteiger partial charge in [-0.2, -0.15) is 11.8 Å². The molecule has 84 valence electrons. The van der Waals surface area contributed by atoms with Gasteiger partial charge in [0.05, 0.1) is 10.7 Å². The quantitative estimate of drug-likeness (QED) is 0.456. The molecule has 5 nitrogen and oxygen atoms in total. The molecule has 0 aliphatic carbocycles. The van der Waals surface area contributed by atoms with Gasteiger partial charge in [-0.15, -0.1) is 11.8 Å². The Balaban J connectivity index is 2.88. The van der Waals surface area contributed by atoms with Gasteiger partial charge >= 0.3 is 5.70 Å². The fourth-order valence-corrected chi connectivity index (χ4v) is 2.58. The molecule has 0 amide bonds. The Morgan fingerprint density at radius 1 is 1.73 bits per heavy atom. The zero-order chi connectivity index (χ0) is 11.3. The first kappa shape index (κ1) is 12.4. The van der Waals surface area contributed by atoms with Crippen molar-refractivity contribution in [1.29, 1.82) is 0 Å². The van der Waals surface area contributed by atoms with Crippen molar-refractivity contribution in [3.63, 3.8) is 0 Å². The van der Waals surface area contributed by atoms with Crippen molar-refractivity contribution in [2.75, 3.05) is 24.3 Å². The molecule has 15 heavy (non-hydrogen) atoms. The average Bonchev–Trinajstić information content (AvgIpc) is 2.19. The summed E-state index contributed by atoms with van der Waals surface area (Å²) in [6.45, 7) is 0.701. The molecule has 1 saturated heterocycles. The van der Waals surface area contributed by atoms with E-state index in [1.807, 2.05) is 0 Å². The smallest absolute Gasteiger partial charge is 0.342 e. The van der Waals surface area contributed by atoms with Crippen LogP contribution in [0.25, 0.3) is 0 Å². The van der Waals surface area contributed by atoms with E-state index in [0.29, 0.717) is 11.6 Å². The fourth-order valence-electron chi connectivity index (χ4n) is 1.16. The Labute approximate surface area is 96.2 Å². The molecule has 1 N–H and O–H groups in total. The molecule has 0 saturated carbocycles. The lowest BCUT2D eigenvalue weighted by Gasteiger charge is -2.15. The standard InChI is InChI=1S/C8H12N2O3S2/c1-14-5-6(11)7(10(12)13)8-9-3-2-4-15-8/h9H,2-5H2,1H3/b8-7+. The van der Waals surface area contributed by atoms with Gasteiger partial charge in [0.15, 0.2) is 5.03 Å². The lowest BCUT2D eigenvalue weighted by molar-refractivity contribution is -0.419. The number of nitrogens with one attached hydrogen (secondary N) is 1. The van der Waals surface area contributed by atoms with Gasteiger partial charge in [0.2, 0.25) is 5.78 Å². The van der Waals surface area contributed by atoms with Gasteiger partial charge in [-0.25, -0.2) is 0 Å². The summed E-state index contributed by atoms with van der Waals surface area (Å²) in [7, 11) is 0. The van der Waals surface area contributed by atoms with Gasteiger partial charge < -0.3 is 5.32 Å². The molecule has 0 atom stereocenters. The minimum Gasteiger partial charge on any atom is -0.374 e. The van der Waals surface area contributed by atoms with Gasteiger partial charge in [-0.3, -0.25) is 14.9 Å². The Morgan fingerprint density at radius 2 is 2.47 bits per heavy atom. The van der Waals surface area contributed by atoms with Crippen LogP contribution in [0.3, 0.4) is 0 Å². The van der Waals surface area contributed by atoms with Crippen LogP contribution in [0.1, 0.15) is 6.42 Å². The van der Waals surface area contributed by atoms with E-state index in [-0.39, 0.29) is 11.4 Å². The summed E-state index contributed by atoms with van der Waals surface area (Å²) in [5, 5.41) is 14.1. The maximum absolute atomic E-state index is 11.5. The van der Waals surface area contributed by atoms with E-state index in [4.69, 9.17) is 0 Å². The number of carbonyl (C=O) groups excluding carboxylic acids is 1. The highest BCUT2D eigenvalue weighted by atomic mass is 32.2. The highest BCUT2D eigenvalue weighted by Gasteiger charge is 2.28. The number of thioether (sulfide) groups is 2. The molecule has 0 radical (unpaired) electrons. The number of nitro groups is 1. The second-order valence-electron chi connectivity index (χ2n) is 2.92. The SMILES string of the molecule is CSCC(=O)/C(=C1/NCCCS1)[N+](=O)[O-]. The van der Waals surface area contributed by atoms with Gasteiger partial charge in [0.25, 0.3) is 0 Å². The van der Waals surface area contributed by atoms with Crippen molar-refractivity contribution in [1.82, 2.24) is 5.32 Å². The largest absolute Gasteiger partial charge is 0.374 e. The van der Waals surface area contributed by atoms with Crippen LogP contribution in [0.2, 0.25) is 0 Å².